The molecular formula is C18H26N2S. The highest BCUT2D eigenvalue weighted by molar-refractivity contribution is 7.11. The fraction of sp³-hybridized carbons (Fsp3) is 0.500. The van der Waals surface area contributed by atoms with Crippen LogP contribution in [0, 0.1) is 20.8 Å². The van der Waals surface area contributed by atoms with Gasteiger partial charge >= 0.3 is 0 Å². The molecule has 1 heterocycles. The van der Waals surface area contributed by atoms with Gasteiger partial charge in [0.2, 0.25) is 0 Å². The van der Waals surface area contributed by atoms with Crippen molar-refractivity contribution >= 4 is 11.3 Å². The fourth-order valence-electron chi connectivity index (χ4n) is 2.74. The maximum Gasteiger partial charge on any atom is 0.0975 e. The van der Waals surface area contributed by atoms with Gasteiger partial charge in [0.25, 0.3) is 0 Å². The van der Waals surface area contributed by atoms with Gasteiger partial charge in [-0.15, -0.1) is 11.3 Å². The molecule has 2 rings (SSSR count). The minimum atomic E-state index is 0.399. The Kier molecular flexibility index (Phi) is 5.54. The molecule has 1 aromatic carbocycles. The van der Waals surface area contributed by atoms with Gasteiger partial charge in [0.05, 0.1) is 10.7 Å². The molecule has 1 aromatic heterocycles. The highest BCUT2D eigenvalue weighted by Crippen LogP contribution is 2.27. The van der Waals surface area contributed by atoms with Crippen molar-refractivity contribution in [1.82, 2.24) is 10.3 Å². The molecular weight excluding hydrogens is 276 g/mol. The molecule has 0 amide bonds. The zero-order valence-electron chi connectivity index (χ0n) is 13.8. The molecule has 0 saturated heterocycles. The molecule has 3 heteroatoms. The monoisotopic (exact) mass is 302 g/mol. The maximum atomic E-state index is 4.77. The van der Waals surface area contributed by atoms with E-state index in [0.717, 1.165) is 19.4 Å². The van der Waals surface area contributed by atoms with Crippen LogP contribution in [0.15, 0.2) is 18.2 Å². The van der Waals surface area contributed by atoms with Gasteiger partial charge < -0.3 is 5.32 Å². The summed E-state index contributed by atoms with van der Waals surface area (Å²) >= 11 is 1.85. The van der Waals surface area contributed by atoms with E-state index in [0.29, 0.717) is 6.04 Å². The van der Waals surface area contributed by atoms with E-state index in [-0.39, 0.29) is 0 Å². The van der Waals surface area contributed by atoms with E-state index >= 15 is 0 Å². The summed E-state index contributed by atoms with van der Waals surface area (Å²) in [5.74, 6) is 0. The Hall–Kier alpha value is -1.19. The topological polar surface area (TPSA) is 24.9 Å². The van der Waals surface area contributed by atoms with Crippen LogP contribution in [0.3, 0.4) is 0 Å². The molecule has 0 radical (unpaired) electrons. The first-order chi connectivity index (χ1) is 9.99. The number of nitrogens with zero attached hydrogens (tertiary/aromatic N) is 1. The van der Waals surface area contributed by atoms with Crippen molar-refractivity contribution < 1.29 is 0 Å². The standard InChI is InChI=1S/C18H26N2S/c1-6-7-19-14(4)18-15(5)20-17(21-18)11-16-9-12(2)8-13(3)10-16/h8-10,14,19H,6-7,11H2,1-5H3. The molecule has 2 nitrogen and oxygen atoms in total. The van der Waals surface area contributed by atoms with Gasteiger partial charge in [-0.3, -0.25) is 0 Å². The molecule has 0 aliphatic heterocycles. The van der Waals surface area contributed by atoms with Gasteiger partial charge in [0.1, 0.15) is 0 Å². The van der Waals surface area contributed by atoms with Crippen LogP contribution in [-0.4, -0.2) is 11.5 Å². The Labute approximate surface area is 132 Å². The molecule has 0 aliphatic rings. The number of nitrogens with one attached hydrogen (secondary N) is 1. The normalized spacial score (nSPS) is 12.6. The van der Waals surface area contributed by atoms with Gasteiger partial charge in [-0.1, -0.05) is 36.2 Å². The number of aryl methyl sites for hydroxylation is 3. The third-order valence-electron chi connectivity index (χ3n) is 3.61. The third kappa shape index (κ3) is 4.39. The Balaban J connectivity index is 2.14. The molecule has 21 heavy (non-hydrogen) atoms. The lowest BCUT2D eigenvalue weighted by Crippen LogP contribution is -2.18. The van der Waals surface area contributed by atoms with Crippen molar-refractivity contribution in [1.29, 1.82) is 0 Å². The first-order valence-electron chi connectivity index (χ1n) is 7.76. The SMILES string of the molecule is CCCNC(C)c1sc(Cc2cc(C)cc(C)c2)nc1C. The van der Waals surface area contributed by atoms with Gasteiger partial charge in [-0.05, 0) is 46.2 Å². The molecule has 1 unspecified atom stereocenters. The molecule has 2 aromatic rings. The zero-order valence-corrected chi connectivity index (χ0v) is 14.6. The summed E-state index contributed by atoms with van der Waals surface area (Å²) in [7, 11) is 0. The highest BCUT2D eigenvalue weighted by atomic mass is 32.1. The van der Waals surface area contributed by atoms with Crippen molar-refractivity contribution in [3.05, 3.63) is 50.5 Å². The van der Waals surface area contributed by atoms with Crippen LogP contribution in [0.4, 0.5) is 0 Å². The van der Waals surface area contributed by atoms with Crippen LogP contribution in [0.2, 0.25) is 0 Å². The Morgan fingerprint density at radius 3 is 2.43 bits per heavy atom. The second-order valence-electron chi connectivity index (χ2n) is 5.91. The number of aromatic nitrogens is 1. The molecule has 0 fully saturated rings. The minimum absolute atomic E-state index is 0.399. The van der Waals surface area contributed by atoms with E-state index in [1.54, 1.807) is 0 Å². The largest absolute Gasteiger partial charge is 0.309 e. The zero-order chi connectivity index (χ0) is 15.4. The van der Waals surface area contributed by atoms with Crippen molar-refractivity contribution in [2.24, 2.45) is 0 Å². The molecule has 1 atom stereocenters. The summed E-state index contributed by atoms with van der Waals surface area (Å²) in [6.45, 7) is 11.9. The highest BCUT2D eigenvalue weighted by Gasteiger charge is 2.14. The first-order valence-corrected chi connectivity index (χ1v) is 8.58. The number of benzene rings is 1. The van der Waals surface area contributed by atoms with Gasteiger partial charge in [-0.2, -0.15) is 0 Å². The predicted octanol–water partition coefficient (Wildman–Crippen LogP) is 4.72. The van der Waals surface area contributed by atoms with Crippen LogP contribution in [-0.2, 0) is 6.42 Å². The van der Waals surface area contributed by atoms with E-state index in [9.17, 15) is 0 Å². The summed E-state index contributed by atoms with van der Waals surface area (Å²) in [6, 6.07) is 7.15. The maximum absolute atomic E-state index is 4.77. The number of hydrogen-bond donors (Lipinski definition) is 1. The molecule has 1 N–H and O–H groups in total. The van der Waals surface area contributed by atoms with Gasteiger partial charge in [0.15, 0.2) is 0 Å². The Bertz CT molecular complexity index is 581. The van der Waals surface area contributed by atoms with E-state index in [4.69, 9.17) is 4.98 Å². The van der Waals surface area contributed by atoms with E-state index in [2.05, 4.69) is 58.1 Å². The molecule has 0 bridgehead atoms. The van der Waals surface area contributed by atoms with Crippen LogP contribution < -0.4 is 5.32 Å². The third-order valence-corrected chi connectivity index (χ3v) is 4.95. The van der Waals surface area contributed by atoms with E-state index in [1.165, 1.54) is 32.3 Å². The lowest BCUT2D eigenvalue weighted by Gasteiger charge is -2.11. The Morgan fingerprint density at radius 1 is 1.14 bits per heavy atom. The predicted molar refractivity (Wildman–Crippen MR) is 92.3 cm³/mol. The van der Waals surface area contributed by atoms with Gasteiger partial charge in [0, 0.05) is 17.3 Å². The first kappa shape index (κ1) is 16.2. The number of hydrogen-bond acceptors (Lipinski definition) is 3. The molecule has 0 saturated carbocycles. The van der Waals surface area contributed by atoms with E-state index < -0.39 is 0 Å². The Morgan fingerprint density at radius 2 is 1.81 bits per heavy atom. The van der Waals surface area contributed by atoms with Crippen molar-refractivity contribution in [2.45, 2.75) is 53.5 Å². The average Bonchev–Trinajstić information content (AvgIpc) is 2.75. The molecule has 0 aliphatic carbocycles. The quantitative estimate of drug-likeness (QED) is 0.835. The lowest BCUT2D eigenvalue weighted by atomic mass is 10.1. The number of rotatable bonds is 6. The second-order valence-corrected chi connectivity index (χ2v) is 7.02. The summed E-state index contributed by atoms with van der Waals surface area (Å²) in [5.41, 5.74) is 5.20. The lowest BCUT2D eigenvalue weighted by molar-refractivity contribution is 0.575. The fourth-order valence-corrected chi connectivity index (χ4v) is 3.87. The summed E-state index contributed by atoms with van der Waals surface area (Å²) in [4.78, 5) is 6.15. The van der Waals surface area contributed by atoms with Crippen LogP contribution >= 0.6 is 11.3 Å². The summed E-state index contributed by atoms with van der Waals surface area (Å²) < 4.78 is 0. The number of thiazole rings is 1. The van der Waals surface area contributed by atoms with Crippen LogP contribution in [0.25, 0.3) is 0 Å². The summed E-state index contributed by atoms with van der Waals surface area (Å²) in [6.07, 6.45) is 2.10. The van der Waals surface area contributed by atoms with Crippen LogP contribution in [0.1, 0.15) is 58.6 Å². The van der Waals surface area contributed by atoms with Gasteiger partial charge in [-0.25, -0.2) is 4.98 Å². The second kappa shape index (κ2) is 7.19. The minimum Gasteiger partial charge on any atom is -0.309 e. The smallest absolute Gasteiger partial charge is 0.0975 e. The van der Waals surface area contributed by atoms with Crippen molar-refractivity contribution in [3.8, 4) is 0 Å². The molecule has 114 valence electrons. The van der Waals surface area contributed by atoms with Crippen molar-refractivity contribution in [3.63, 3.8) is 0 Å². The van der Waals surface area contributed by atoms with E-state index in [1.807, 2.05) is 11.3 Å². The van der Waals surface area contributed by atoms with Crippen molar-refractivity contribution in [2.75, 3.05) is 6.54 Å². The molecule has 0 spiro atoms. The average molecular weight is 302 g/mol. The van der Waals surface area contributed by atoms with Crippen LogP contribution in [0.5, 0.6) is 0 Å². The summed E-state index contributed by atoms with van der Waals surface area (Å²) in [5, 5.41) is 4.78.